The fourth-order valence-electron chi connectivity index (χ4n) is 4.61. The predicted octanol–water partition coefficient (Wildman–Crippen LogP) is 4.32. The molecular weight excluding hydrogens is 440 g/mol. The van der Waals surface area contributed by atoms with E-state index in [4.69, 9.17) is 15.6 Å². The molecule has 0 aliphatic rings. The Hall–Kier alpha value is -4.23. The second kappa shape index (κ2) is 9.19. The number of carbonyl (C=O) groups excluding carboxylic acids is 1. The zero-order valence-corrected chi connectivity index (χ0v) is 19.7. The van der Waals surface area contributed by atoms with Crippen LogP contribution >= 0.6 is 0 Å². The lowest BCUT2D eigenvalue weighted by Gasteiger charge is -2.13. The van der Waals surface area contributed by atoms with Gasteiger partial charge >= 0.3 is 11.5 Å². The molecule has 0 fully saturated rings. The third-order valence-electron chi connectivity index (χ3n) is 6.19. The van der Waals surface area contributed by atoms with Gasteiger partial charge < -0.3 is 15.1 Å². The van der Waals surface area contributed by atoms with Gasteiger partial charge in [-0.25, -0.2) is 9.78 Å². The lowest BCUT2D eigenvalue weighted by atomic mass is 10.0. The molecule has 0 saturated heterocycles. The molecule has 2 heterocycles. The molecule has 0 radical (unpaired) electrons. The van der Waals surface area contributed by atoms with E-state index in [1.54, 1.807) is 0 Å². The molecule has 7 heteroatoms. The Kier molecular flexibility index (Phi) is 5.93. The fraction of sp³-hybridized carbons (Fsp3) is 0.179. The minimum absolute atomic E-state index is 0.242. The van der Waals surface area contributed by atoms with Crippen molar-refractivity contribution in [1.82, 2.24) is 14.3 Å². The summed E-state index contributed by atoms with van der Waals surface area (Å²) in [5.74, 6) is -0.585. The maximum absolute atomic E-state index is 13.8. The molecule has 0 aliphatic carbocycles. The number of benzene rings is 3. The first-order valence-electron chi connectivity index (χ1n) is 11.6. The van der Waals surface area contributed by atoms with Crippen molar-refractivity contribution in [3.63, 3.8) is 0 Å². The zero-order chi connectivity index (χ0) is 24.5. The molecule has 7 nitrogen and oxygen atoms in total. The van der Waals surface area contributed by atoms with Crippen LogP contribution in [-0.4, -0.2) is 26.8 Å². The van der Waals surface area contributed by atoms with Crippen molar-refractivity contribution in [2.24, 2.45) is 5.73 Å². The maximum Gasteiger partial charge on any atom is 0.330 e. The first-order valence-corrected chi connectivity index (χ1v) is 11.6. The predicted molar refractivity (Wildman–Crippen MR) is 138 cm³/mol. The largest absolute Gasteiger partial charge is 0.344 e. The molecule has 0 unspecified atom stereocenters. The summed E-state index contributed by atoms with van der Waals surface area (Å²) < 4.78 is 3.23. The van der Waals surface area contributed by atoms with Crippen molar-refractivity contribution >= 4 is 27.9 Å². The normalized spacial score (nSPS) is 11.3. The highest BCUT2D eigenvalue weighted by molar-refractivity contribution is 5.98. The first kappa shape index (κ1) is 22.6. The highest BCUT2D eigenvalue weighted by atomic mass is 16.7. The number of aryl methyl sites for hydroxylation is 1. The van der Waals surface area contributed by atoms with E-state index in [2.05, 4.69) is 4.57 Å². The van der Waals surface area contributed by atoms with Crippen LogP contribution in [0.1, 0.15) is 19.0 Å². The van der Waals surface area contributed by atoms with Crippen molar-refractivity contribution in [2.75, 3.05) is 6.54 Å². The molecule has 0 aliphatic heterocycles. The van der Waals surface area contributed by atoms with Gasteiger partial charge in [-0.2, -0.15) is 0 Å². The summed E-state index contributed by atoms with van der Waals surface area (Å²) in [6.45, 7) is 4.56. The summed E-state index contributed by atoms with van der Waals surface area (Å²) in [6, 6.07) is 23.4. The number of rotatable bonds is 6. The van der Waals surface area contributed by atoms with Crippen molar-refractivity contribution in [3.05, 3.63) is 88.8 Å². The van der Waals surface area contributed by atoms with Crippen molar-refractivity contribution < 1.29 is 9.63 Å². The van der Waals surface area contributed by atoms with Gasteiger partial charge in [0, 0.05) is 35.6 Å². The van der Waals surface area contributed by atoms with E-state index >= 15 is 0 Å². The zero-order valence-electron chi connectivity index (χ0n) is 19.7. The standard InChI is InChI=1S/C28H26N4O3/c1-18-26(22-11-6-7-12-24(22)31(18)16-8-15-29)27-28(34)32(35-19(2)33)25-17-21(13-14-23(25)30-27)20-9-4-3-5-10-20/h3-7,9-14,17H,8,15-16,29H2,1-2H3. The van der Waals surface area contributed by atoms with Crippen LogP contribution in [0.2, 0.25) is 0 Å². The molecule has 2 aromatic heterocycles. The molecule has 2 N–H and O–H groups in total. The van der Waals surface area contributed by atoms with E-state index in [1.807, 2.05) is 79.7 Å². The quantitative estimate of drug-likeness (QED) is 0.402. The Morgan fingerprint density at radius 3 is 2.46 bits per heavy atom. The molecule has 0 amide bonds. The summed E-state index contributed by atoms with van der Waals surface area (Å²) in [7, 11) is 0. The number of nitrogens with zero attached hydrogens (tertiary/aromatic N) is 3. The number of hydrogen-bond acceptors (Lipinski definition) is 5. The molecule has 3 aromatic carbocycles. The van der Waals surface area contributed by atoms with Crippen LogP contribution in [0.3, 0.4) is 0 Å². The van der Waals surface area contributed by atoms with Gasteiger partial charge in [0.2, 0.25) is 0 Å². The summed E-state index contributed by atoms with van der Waals surface area (Å²) in [4.78, 5) is 36.0. The van der Waals surface area contributed by atoms with Crippen LogP contribution < -0.4 is 16.1 Å². The lowest BCUT2D eigenvalue weighted by molar-refractivity contribution is -0.141. The monoisotopic (exact) mass is 466 g/mol. The van der Waals surface area contributed by atoms with E-state index in [1.165, 1.54) is 6.92 Å². The van der Waals surface area contributed by atoms with Crippen LogP contribution in [0, 0.1) is 6.92 Å². The Morgan fingerprint density at radius 2 is 1.71 bits per heavy atom. The van der Waals surface area contributed by atoms with Gasteiger partial charge in [0.1, 0.15) is 11.2 Å². The molecular formula is C28H26N4O3. The van der Waals surface area contributed by atoms with Crippen LogP contribution in [0.25, 0.3) is 44.3 Å². The summed E-state index contributed by atoms with van der Waals surface area (Å²) in [6.07, 6.45) is 0.810. The second-order valence-corrected chi connectivity index (χ2v) is 8.48. The van der Waals surface area contributed by atoms with Gasteiger partial charge in [-0.3, -0.25) is 4.79 Å². The van der Waals surface area contributed by atoms with Gasteiger partial charge in [-0.15, -0.1) is 4.73 Å². The lowest BCUT2D eigenvalue weighted by Crippen LogP contribution is -2.31. The molecule has 176 valence electrons. The first-order chi connectivity index (χ1) is 17.0. The second-order valence-electron chi connectivity index (χ2n) is 8.48. The molecule has 35 heavy (non-hydrogen) atoms. The van der Waals surface area contributed by atoms with Gasteiger partial charge in [0.15, 0.2) is 0 Å². The SMILES string of the molecule is CC(=O)On1c(=O)c(-c2c(C)n(CCCN)c3ccccc23)nc2ccc(-c3ccccc3)cc21. The number of aromatic nitrogens is 3. The third kappa shape index (κ3) is 4.00. The number of fused-ring (bicyclic) bond motifs is 2. The van der Waals surface area contributed by atoms with Crippen LogP contribution in [0.5, 0.6) is 0 Å². The van der Waals surface area contributed by atoms with E-state index < -0.39 is 11.5 Å². The summed E-state index contributed by atoms with van der Waals surface area (Å²) in [5.41, 5.74) is 11.0. The maximum atomic E-state index is 13.8. The highest BCUT2D eigenvalue weighted by Crippen LogP contribution is 2.33. The number of para-hydroxylation sites is 1. The molecule has 5 aromatic rings. The number of nitrogens with two attached hydrogens (primary N) is 1. The van der Waals surface area contributed by atoms with E-state index in [0.717, 1.165) is 51.0 Å². The Labute approximate surface area is 202 Å². The summed E-state index contributed by atoms with van der Waals surface area (Å²) >= 11 is 0. The number of carbonyl (C=O) groups is 1. The molecule has 0 spiro atoms. The van der Waals surface area contributed by atoms with Gasteiger partial charge in [-0.1, -0.05) is 54.6 Å². The fourth-order valence-corrected chi connectivity index (χ4v) is 4.61. The van der Waals surface area contributed by atoms with Crippen molar-refractivity contribution in [1.29, 1.82) is 0 Å². The topological polar surface area (TPSA) is 92.1 Å². The van der Waals surface area contributed by atoms with Gasteiger partial charge in [0.05, 0.1) is 5.52 Å². The van der Waals surface area contributed by atoms with Crippen LogP contribution in [-0.2, 0) is 11.3 Å². The van der Waals surface area contributed by atoms with Crippen LogP contribution in [0.4, 0.5) is 0 Å². The minimum Gasteiger partial charge on any atom is -0.344 e. The Balaban J connectivity index is 1.79. The van der Waals surface area contributed by atoms with Crippen molar-refractivity contribution in [3.8, 4) is 22.4 Å². The number of hydrogen-bond donors (Lipinski definition) is 1. The van der Waals surface area contributed by atoms with E-state index in [0.29, 0.717) is 17.6 Å². The van der Waals surface area contributed by atoms with Gasteiger partial charge in [0.25, 0.3) is 0 Å². The van der Waals surface area contributed by atoms with Crippen LogP contribution in [0.15, 0.2) is 77.6 Å². The average Bonchev–Trinajstić information content (AvgIpc) is 3.15. The Bertz CT molecular complexity index is 1620. The van der Waals surface area contributed by atoms with E-state index in [-0.39, 0.29) is 5.69 Å². The third-order valence-corrected chi connectivity index (χ3v) is 6.19. The highest BCUT2D eigenvalue weighted by Gasteiger charge is 2.22. The van der Waals surface area contributed by atoms with Crippen molar-refractivity contribution in [2.45, 2.75) is 26.8 Å². The molecule has 0 saturated carbocycles. The summed E-state index contributed by atoms with van der Waals surface area (Å²) in [5, 5.41) is 0.918. The van der Waals surface area contributed by atoms with E-state index in [9.17, 15) is 9.59 Å². The van der Waals surface area contributed by atoms with Gasteiger partial charge in [-0.05, 0) is 49.2 Å². The molecule has 0 atom stereocenters. The smallest absolute Gasteiger partial charge is 0.330 e. The Morgan fingerprint density at radius 1 is 0.971 bits per heavy atom. The average molecular weight is 467 g/mol. The minimum atomic E-state index is -0.585. The molecule has 0 bridgehead atoms. The molecule has 5 rings (SSSR count).